The molecular formula is C21H24N4O2. The van der Waals surface area contributed by atoms with Crippen LogP contribution >= 0.6 is 0 Å². The lowest BCUT2D eigenvalue weighted by molar-refractivity contribution is 0.100. The Kier molecular flexibility index (Phi) is 4.48. The van der Waals surface area contributed by atoms with Crippen LogP contribution in [-0.4, -0.2) is 28.7 Å². The Bertz CT molecular complexity index is 978. The smallest absolute Gasteiger partial charge is 0.252 e. The fourth-order valence-corrected chi connectivity index (χ4v) is 3.88. The van der Waals surface area contributed by atoms with E-state index in [-0.39, 0.29) is 0 Å². The first kappa shape index (κ1) is 17.4. The highest BCUT2D eigenvalue weighted by molar-refractivity contribution is 6.02. The Morgan fingerprint density at radius 2 is 2.04 bits per heavy atom. The number of carbonyl (C=O) groups excluding carboxylic acids is 1. The third kappa shape index (κ3) is 3.23. The molecule has 6 nitrogen and oxygen atoms in total. The summed E-state index contributed by atoms with van der Waals surface area (Å²) in [5.41, 5.74) is 9.77. The fourth-order valence-electron chi connectivity index (χ4n) is 3.88. The molecule has 27 heavy (non-hydrogen) atoms. The first-order valence-electron chi connectivity index (χ1n) is 9.29. The Balaban J connectivity index is 1.79. The molecule has 6 heteroatoms. The molecule has 3 aromatic rings. The third-order valence-electron chi connectivity index (χ3n) is 5.52. The van der Waals surface area contributed by atoms with Gasteiger partial charge in [-0.05, 0) is 42.5 Å². The predicted molar refractivity (Wildman–Crippen MR) is 106 cm³/mol. The number of fused-ring (bicyclic) bond motifs is 1. The molecule has 0 spiro atoms. The Labute approximate surface area is 158 Å². The highest BCUT2D eigenvalue weighted by atomic mass is 16.5. The average Bonchev–Trinajstić information content (AvgIpc) is 3.28. The number of nitrogens with two attached hydrogens (primary N) is 1. The standard InChI is InChI=1S/C21H24N4O2/c1-13-4-3-5-18(13)24-20-17(21(22)26)11-23-25-12-15(10-19(20)25)14-6-8-16(27-2)9-7-14/h6-13,18,24H,3-5H2,1-2H3,(H2,22,26)/t13-,18+/m0/s1. The van der Waals surface area contributed by atoms with Crippen molar-refractivity contribution in [2.75, 3.05) is 12.4 Å². The maximum Gasteiger partial charge on any atom is 0.252 e. The van der Waals surface area contributed by atoms with Crippen molar-refractivity contribution in [2.45, 2.75) is 32.2 Å². The van der Waals surface area contributed by atoms with Gasteiger partial charge in [0, 0.05) is 17.8 Å². The molecule has 1 saturated carbocycles. The van der Waals surface area contributed by atoms with Crippen LogP contribution in [0.5, 0.6) is 5.75 Å². The first-order chi connectivity index (χ1) is 13.1. The minimum absolute atomic E-state index is 0.341. The number of nitrogens with zero attached hydrogens (tertiary/aromatic N) is 2. The monoisotopic (exact) mass is 364 g/mol. The lowest BCUT2D eigenvalue weighted by Gasteiger charge is -2.20. The zero-order chi connectivity index (χ0) is 19.0. The molecule has 140 valence electrons. The van der Waals surface area contributed by atoms with E-state index in [2.05, 4.69) is 17.3 Å². The van der Waals surface area contributed by atoms with Crippen molar-refractivity contribution in [2.24, 2.45) is 11.7 Å². The second-order valence-electron chi connectivity index (χ2n) is 7.24. The normalized spacial score (nSPS) is 19.3. The van der Waals surface area contributed by atoms with Crippen molar-refractivity contribution in [1.29, 1.82) is 0 Å². The highest BCUT2D eigenvalue weighted by Gasteiger charge is 2.26. The second-order valence-corrected chi connectivity index (χ2v) is 7.24. The van der Waals surface area contributed by atoms with E-state index in [1.165, 1.54) is 12.8 Å². The summed E-state index contributed by atoms with van der Waals surface area (Å²) >= 11 is 0. The van der Waals surface area contributed by atoms with Crippen molar-refractivity contribution in [3.8, 4) is 16.9 Å². The van der Waals surface area contributed by atoms with Gasteiger partial charge in [0.1, 0.15) is 5.75 Å². The Morgan fingerprint density at radius 3 is 2.67 bits per heavy atom. The van der Waals surface area contributed by atoms with E-state index in [9.17, 15) is 4.79 Å². The van der Waals surface area contributed by atoms with Gasteiger partial charge in [-0.3, -0.25) is 4.79 Å². The van der Waals surface area contributed by atoms with E-state index in [1.54, 1.807) is 17.8 Å². The maximum absolute atomic E-state index is 12.0. The van der Waals surface area contributed by atoms with Crippen molar-refractivity contribution in [1.82, 2.24) is 9.61 Å². The van der Waals surface area contributed by atoms with Crippen LogP contribution in [0.3, 0.4) is 0 Å². The molecule has 1 aromatic carbocycles. The van der Waals surface area contributed by atoms with E-state index in [0.717, 1.165) is 34.5 Å². The first-order valence-corrected chi connectivity index (χ1v) is 9.29. The van der Waals surface area contributed by atoms with Crippen LogP contribution in [0.15, 0.2) is 42.7 Å². The number of rotatable bonds is 5. The van der Waals surface area contributed by atoms with Gasteiger partial charge in [0.05, 0.1) is 30.1 Å². The lowest BCUT2D eigenvalue weighted by Crippen LogP contribution is -2.25. The van der Waals surface area contributed by atoms with Crippen LogP contribution in [-0.2, 0) is 0 Å². The topological polar surface area (TPSA) is 81.6 Å². The summed E-state index contributed by atoms with van der Waals surface area (Å²) < 4.78 is 7.03. The van der Waals surface area contributed by atoms with Gasteiger partial charge in [0.2, 0.25) is 0 Å². The molecule has 2 aromatic heterocycles. The number of amides is 1. The number of carbonyl (C=O) groups is 1. The largest absolute Gasteiger partial charge is 0.497 e. The number of ether oxygens (including phenoxy) is 1. The molecule has 1 amide bonds. The molecule has 1 aliphatic rings. The van der Waals surface area contributed by atoms with Gasteiger partial charge in [-0.1, -0.05) is 25.5 Å². The maximum atomic E-state index is 12.0. The molecule has 0 bridgehead atoms. The summed E-state index contributed by atoms with van der Waals surface area (Å²) in [6.45, 7) is 2.24. The number of methoxy groups -OCH3 is 1. The van der Waals surface area contributed by atoms with E-state index < -0.39 is 5.91 Å². The molecule has 0 unspecified atom stereocenters. The predicted octanol–water partition coefficient (Wildman–Crippen LogP) is 3.71. The van der Waals surface area contributed by atoms with Gasteiger partial charge in [0.15, 0.2) is 0 Å². The number of primary amides is 1. The SMILES string of the molecule is COc1ccc(-c2cc3c(N[C@@H]4CCC[C@@H]4C)c(C(N)=O)cnn3c2)cc1. The highest BCUT2D eigenvalue weighted by Crippen LogP contribution is 2.33. The average molecular weight is 364 g/mol. The number of hydrogen-bond donors (Lipinski definition) is 2. The quantitative estimate of drug-likeness (QED) is 0.723. The van der Waals surface area contributed by atoms with Crippen LogP contribution in [0.4, 0.5) is 5.69 Å². The van der Waals surface area contributed by atoms with Gasteiger partial charge in [-0.15, -0.1) is 0 Å². The van der Waals surface area contributed by atoms with Crippen molar-refractivity contribution >= 4 is 17.1 Å². The summed E-state index contributed by atoms with van der Waals surface area (Å²) in [4.78, 5) is 12.0. The molecule has 0 aliphatic heterocycles. The third-order valence-corrected chi connectivity index (χ3v) is 5.52. The molecule has 2 heterocycles. The summed E-state index contributed by atoms with van der Waals surface area (Å²) in [5, 5.41) is 7.97. The number of hydrogen-bond acceptors (Lipinski definition) is 4. The van der Waals surface area contributed by atoms with Crippen molar-refractivity contribution < 1.29 is 9.53 Å². The number of aromatic nitrogens is 2. The van der Waals surface area contributed by atoms with Crippen molar-refractivity contribution in [3.63, 3.8) is 0 Å². The summed E-state index contributed by atoms with van der Waals surface area (Å²) in [6, 6.07) is 10.3. The van der Waals surface area contributed by atoms with Gasteiger partial charge >= 0.3 is 0 Å². The molecule has 3 N–H and O–H groups in total. The minimum Gasteiger partial charge on any atom is -0.497 e. The summed E-state index contributed by atoms with van der Waals surface area (Å²) in [7, 11) is 1.65. The zero-order valence-corrected chi connectivity index (χ0v) is 15.6. The minimum atomic E-state index is -0.467. The summed E-state index contributed by atoms with van der Waals surface area (Å²) in [5.74, 6) is 0.912. The Hall–Kier alpha value is -3.02. The Morgan fingerprint density at radius 1 is 1.26 bits per heavy atom. The molecule has 1 fully saturated rings. The van der Waals surface area contributed by atoms with E-state index in [4.69, 9.17) is 10.5 Å². The number of nitrogens with one attached hydrogen (secondary N) is 1. The van der Waals surface area contributed by atoms with Gasteiger partial charge in [-0.2, -0.15) is 5.10 Å². The van der Waals surface area contributed by atoms with Crippen molar-refractivity contribution in [3.05, 3.63) is 48.3 Å². The molecule has 0 saturated heterocycles. The molecule has 2 atom stereocenters. The number of anilines is 1. The molecular weight excluding hydrogens is 340 g/mol. The van der Waals surface area contributed by atoms with Gasteiger partial charge in [0.25, 0.3) is 5.91 Å². The molecule has 4 rings (SSSR count). The van der Waals surface area contributed by atoms with Crippen LogP contribution in [0.1, 0.15) is 36.5 Å². The van der Waals surface area contributed by atoms with Gasteiger partial charge < -0.3 is 15.8 Å². The number of benzene rings is 1. The van der Waals surface area contributed by atoms with Crippen LogP contribution in [0.25, 0.3) is 16.6 Å². The zero-order valence-electron chi connectivity index (χ0n) is 15.6. The van der Waals surface area contributed by atoms with Gasteiger partial charge in [-0.25, -0.2) is 4.52 Å². The molecule has 1 aliphatic carbocycles. The fraction of sp³-hybridized carbons (Fsp3) is 0.333. The second kappa shape index (κ2) is 6.95. The lowest BCUT2D eigenvalue weighted by atomic mass is 10.0. The van der Waals surface area contributed by atoms with Crippen LogP contribution in [0.2, 0.25) is 0 Å². The van der Waals surface area contributed by atoms with Crippen LogP contribution < -0.4 is 15.8 Å². The van der Waals surface area contributed by atoms with E-state index >= 15 is 0 Å². The van der Waals surface area contributed by atoms with E-state index in [1.807, 2.05) is 36.5 Å². The van der Waals surface area contributed by atoms with E-state index in [0.29, 0.717) is 17.5 Å². The van der Waals surface area contributed by atoms with Crippen LogP contribution in [0, 0.1) is 5.92 Å². The summed E-state index contributed by atoms with van der Waals surface area (Å²) in [6.07, 6.45) is 7.01. The molecule has 0 radical (unpaired) electrons.